The van der Waals surface area contributed by atoms with Crippen molar-refractivity contribution >= 4 is 16.7 Å². The van der Waals surface area contributed by atoms with Crippen molar-refractivity contribution < 1.29 is 4.74 Å². The van der Waals surface area contributed by atoms with Gasteiger partial charge in [0.2, 0.25) is 0 Å². The maximum atomic E-state index is 6.08. The third kappa shape index (κ3) is 3.44. The molecule has 6 heterocycles. The molecular weight excluding hydrogens is 402 g/mol. The van der Waals surface area contributed by atoms with E-state index in [0.29, 0.717) is 0 Å². The lowest BCUT2D eigenvalue weighted by molar-refractivity contribution is -0.0365. The number of anilines is 1. The highest BCUT2D eigenvalue weighted by molar-refractivity contribution is 5.94. The summed E-state index contributed by atoms with van der Waals surface area (Å²) in [7, 11) is 1.92. The molecule has 4 aromatic heterocycles. The van der Waals surface area contributed by atoms with Crippen molar-refractivity contribution in [3.63, 3.8) is 0 Å². The summed E-state index contributed by atoms with van der Waals surface area (Å²) in [6.07, 6.45) is 11.3. The minimum atomic E-state index is -0.0622. The summed E-state index contributed by atoms with van der Waals surface area (Å²) in [4.78, 5) is 12.1. The topological polar surface area (TPSA) is 73.9 Å². The van der Waals surface area contributed by atoms with E-state index in [9.17, 15) is 0 Å². The maximum absolute atomic E-state index is 6.08. The summed E-state index contributed by atoms with van der Waals surface area (Å²) in [5, 5.41) is 10.4. The zero-order valence-electron chi connectivity index (χ0n) is 18.3. The third-order valence-electron chi connectivity index (χ3n) is 6.43. The molecule has 0 saturated carbocycles. The van der Waals surface area contributed by atoms with Gasteiger partial charge in [0.15, 0.2) is 6.23 Å². The fourth-order valence-corrected chi connectivity index (χ4v) is 4.75. The van der Waals surface area contributed by atoms with Gasteiger partial charge in [0.1, 0.15) is 11.5 Å². The van der Waals surface area contributed by atoms with Crippen molar-refractivity contribution in [1.82, 2.24) is 29.5 Å². The lowest BCUT2D eigenvalue weighted by atomic mass is 10.1. The minimum Gasteiger partial charge on any atom is -0.357 e. The smallest absolute Gasteiger partial charge is 0.150 e. The molecule has 2 aliphatic rings. The zero-order chi connectivity index (χ0) is 21.5. The molecule has 0 aromatic carbocycles. The number of aryl methyl sites for hydroxylation is 1. The molecule has 2 saturated heterocycles. The zero-order valence-corrected chi connectivity index (χ0v) is 18.3. The molecule has 8 nitrogen and oxygen atoms in total. The highest BCUT2D eigenvalue weighted by atomic mass is 16.5. The number of pyridine rings is 2. The monoisotopic (exact) mass is 429 g/mol. The molecule has 0 N–H and O–H groups in total. The quantitative estimate of drug-likeness (QED) is 0.484. The molecule has 0 amide bonds. The number of fused-ring (bicyclic) bond motifs is 1. The Balaban J connectivity index is 1.50. The summed E-state index contributed by atoms with van der Waals surface area (Å²) >= 11 is 0. The van der Waals surface area contributed by atoms with Crippen molar-refractivity contribution in [3.05, 3.63) is 42.9 Å². The SMILES string of the molecule is Cn1cc(-c2cc3c(-c4cccc(N5CCCC5)n4)nn(C4CCCCO4)c3cn2)cn1. The van der Waals surface area contributed by atoms with Crippen molar-refractivity contribution in [2.75, 3.05) is 24.6 Å². The van der Waals surface area contributed by atoms with Crippen LogP contribution in [0, 0.1) is 0 Å². The second-order valence-electron chi connectivity index (χ2n) is 8.68. The minimum absolute atomic E-state index is 0.0622. The van der Waals surface area contributed by atoms with Crippen LogP contribution in [0.4, 0.5) is 5.82 Å². The van der Waals surface area contributed by atoms with Crippen molar-refractivity contribution in [2.45, 2.75) is 38.3 Å². The van der Waals surface area contributed by atoms with Gasteiger partial charge in [0.05, 0.1) is 29.3 Å². The summed E-state index contributed by atoms with van der Waals surface area (Å²) in [5.74, 6) is 1.03. The molecule has 4 aromatic rings. The summed E-state index contributed by atoms with van der Waals surface area (Å²) in [6, 6.07) is 8.35. The van der Waals surface area contributed by atoms with Crippen molar-refractivity contribution in [1.29, 1.82) is 0 Å². The number of rotatable bonds is 4. The molecule has 0 radical (unpaired) electrons. The molecule has 2 fully saturated rings. The highest BCUT2D eigenvalue weighted by Crippen LogP contribution is 2.34. The van der Waals surface area contributed by atoms with Crippen LogP contribution >= 0.6 is 0 Å². The molecule has 8 heteroatoms. The summed E-state index contributed by atoms with van der Waals surface area (Å²) < 4.78 is 9.88. The Bertz CT molecular complexity index is 1250. The number of aromatic nitrogens is 6. The van der Waals surface area contributed by atoms with E-state index in [2.05, 4.69) is 34.3 Å². The van der Waals surface area contributed by atoms with E-state index in [-0.39, 0.29) is 6.23 Å². The van der Waals surface area contributed by atoms with Crippen LogP contribution in [0.3, 0.4) is 0 Å². The van der Waals surface area contributed by atoms with E-state index in [0.717, 1.165) is 78.3 Å². The summed E-state index contributed by atoms with van der Waals surface area (Å²) in [6.45, 7) is 2.90. The predicted molar refractivity (Wildman–Crippen MR) is 123 cm³/mol. The number of ether oxygens (including phenoxy) is 1. The van der Waals surface area contributed by atoms with Crippen LogP contribution in [0.5, 0.6) is 0 Å². The third-order valence-corrected chi connectivity index (χ3v) is 6.43. The molecule has 1 atom stereocenters. The normalized spacial score (nSPS) is 19.2. The largest absolute Gasteiger partial charge is 0.357 e. The molecule has 0 bridgehead atoms. The van der Waals surface area contributed by atoms with E-state index >= 15 is 0 Å². The second kappa shape index (κ2) is 8.02. The molecule has 164 valence electrons. The van der Waals surface area contributed by atoms with Gasteiger partial charge >= 0.3 is 0 Å². The maximum Gasteiger partial charge on any atom is 0.150 e. The standard InChI is InChI=1S/C24H27N7O/c1-29-16-17(14-26-29)20-13-18-21(15-25-20)31(23-9-2-5-12-32-23)28-24(18)19-7-6-8-22(27-19)30-10-3-4-11-30/h6-8,13-16,23H,2-5,9-12H2,1H3. The molecule has 0 spiro atoms. The Kier molecular flexibility index (Phi) is 4.87. The van der Waals surface area contributed by atoms with Gasteiger partial charge in [-0.3, -0.25) is 9.67 Å². The predicted octanol–water partition coefficient (Wildman–Crippen LogP) is 4.19. The first-order valence-electron chi connectivity index (χ1n) is 11.5. The van der Waals surface area contributed by atoms with E-state index in [1.165, 1.54) is 12.8 Å². The average Bonchev–Trinajstić information content (AvgIpc) is 3.59. The van der Waals surface area contributed by atoms with Crippen LogP contribution in [-0.4, -0.2) is 49.2 Å². The number of nitrogens with zero attached hydrogens (tertiary/aromatic N) is 7. The average molecular weight is 430 g/mol. The first-order valence-corrected chi connectivity index (χ1v) is 11.5. The van der Waals surface area contributed by atoms with E-state index in [1.807, 2.05) is 30.3 Å². The van der Waals surface area contributed by atoms with Gasteiger partial charge in [-0.05, 0) is 50.3 Å². The van der Waals surface area contributed by atoms with Crippen LogP contribution in [-0.2, 0) is 11.8 Å². The van der Waals surface area contributed by atoms with Gasteiger partial charge in [-0.15, -0.1) is 0 Å². The fourth-order valence-electron chi connectivity index (χ4n) is 4.75. The lowest BCUT2D eigenvalue weighted by Gasteiger charge is -2.23. The Morgan fingerprint density at radius 1 is 1.03 bits per heavy atom. The van der Waals surface area contributed by atoms with Crippen molar-refractivity contribution in [3.8, 4) is 22.6 Å². The lowest BCUT2D eigenvalue weighted by Crippen LogP contribution is -2.19. The van der Waals surface area contributed by atoms with Crippen LogP contribution in [0.15, 0.2) is 42.9 Å². The Morgan fingerprint density at radius 3 is 2.72 bits per heavy atom. The molecule has 32 heavy (non-hydrogen) atoms. The molecule has 0 aliphatic carbocycles. The Hall–Kier alpha value is -3.26. The summed E-state index contributed by atoms with van der Waals surface area (Å²) in [5.41, 5.74) is 4.61. The molecular formula is C24H27N7O. The van der Waals surface area contributed by atoms with Crippen LogP contribution in [0.1, 0.15) is 38.3 Å². The Morgan fingerprint density at radius 2 is 1.94 bits per heavy atom. The van der Waals surface area contributed by atoms with Crippen LogP contribution in [0.2, 0.25) is 0 Å². The molecule has 6 rings (SSSR count). The molecule has 2 aliphatic heterocycles. The van der Waals surface area contributed by atoms with Gasteiger partial charge < -0.3 is 9.64 Å². The van der Waals surface area contributed by atoms with Gasteiger partial charge in [-0.25, -0.2) is 9.67 Å². The van der Waals surface area contributed by atoms with Crippen molar-refractivity contribution in [2.24, 2.45) is 7.05 Å². The number of hydrogen-bond acceptors (Lipinski definition) is 6. The first kappa shape index (κ1) is 19.4. The number of hydrogen-bond donors (Lipinski definition) is 0. The highest BCUT2D eigenvalue weighted by Gasteiger charge is 2.24. The van der Waals surface area contributed by atoms with E-state index < -0.39 is 0 Å². The van der Waals surface area contributed by atoms with Crippen LogP contribution in [0.25, 0.3) is 33.5 Å². The fraction of sp³-hybridized carbons (Fsp3) is 0.417. The van der Waals surface area contributed by atoms with Gasteiger partial charge in [0, 0.05) is 43.9 Å². The van der Waals surface area contributed by atoms with E-state index in [4.69, 9.17) is 19.8 Å². The van der Waals surface area contributed by atoms with Gasteiger partial charge in [-0.1, -0.05) is 6.07 Å². The van der Waals surface area contributed by atoms with E-state index in [1.54, 1.807) is 4.68 Å². The van der Waals surface area contributed by atoms with Crippen LogP contribution < -0.4 is 4.90 Å². The first-order chi connectivity index (χ1) is 15.8. The Labute approximate surface area is 186 Å². The second-order valence-corrected chi connectivity index (χ2v) is 8.68. The van der Waals surface area contributed by atoms with Gasteiger partial charge in [-0.2, -0.15) is 10.2 Å². The molecule has 1 unspecified atom stereocenters. The van der Waals surface area contributed by atoms with Gasteiger partial charge in [0.25, 0.3) is 0 Å².